The van der Waals surface area contributed by atoms with Gasteiger partial charge in [0.2, 0.25) is 0 Å². The fourth-order valence-corrected chi connectivity index (χ4v) is 1.90. The summed E-state index contributed by atoms with van der Waals surface area (Å²) in [5.41, 5.74) is 0.194. The second kappa shape index (κ2) is 8.02. The Morgan fingerprint density at radius 1 is 1.23 bits per heavy atom. The smallest absolute Gasteiger partial charge is 0.328 e. The summed E-state index contributed by atoms with van der Waals surface area (Å²) in [5, 5.41) is 11.9. The van der Waals surface area contributed by atoms with Gasteiger partial charge in [-0.05, 0) is 24.1 Å². The summed E-state index contributed by atoms with van der Waals surface area (Å²) in [7, 11) is 2.44. The number of amides is 1. The molecule has 0 aliphatic carbocycles. The molecule has 7 nitrogen and oxygen atoms in total. The molecule has 2 atom stereocenters. The molecule has 0 heterocycles. The third-order valence-corrected chi connectivity index (χ3v) is 3.14. The zero-order valence-corrected chi connectivity index (χ0v) is 12.7. The lowest BCUT2D eigenvalue weighted by atomic mass is 9.97. The zero-order valence-electron chi connectivity index (χ0n) is 12.7. The van der Waals surface area contributed by atoms with Crippen molar-refractivity contribution < 1.29 is 29.0 Å². The van der Waals surface area contributed by atoms with Crippen molar-refractivity contribution in [2.45, 2.75) is 19.4 Å². The average molecular weight is 309 g/mol. The van der Waals surface area contributed by atoms with Crippen LogP contribution in [0.25, 0.3) is 0 Å². The first-order valence-corrected chi connectivity index (χ1v) is 6.63. The molecular weight excluding hydrogens is 290 g/mol. The Morgan fingerprint density at radius 2 is 1.91 bits per heavy atom. The molecule has 2 N–H and O–H groups in total. The lowest BCUT2D eigenvalue weighted by Gasteiger charge is -2.22. The molecule has 1 amide bonds. The Hall–Kier alpha value is -2.57. The minimum absolute atomic E-state index is 0.0451. The SMILES string of the molecule is COC(=O)C[C@@H](C)[C@@H](NC(=O)c1cccc(O)c1)C(=O)OC. The summed E-state index contributed by atoms with van der Waals surface area (Å²) < 4.78 is 9.21. The van der Waals surface area contributed by atoms with Gasteiger partial charge in [0.15, 0.2) is 0 Å². The van der Waals surface area contributed by atoms with Crippen LogP contribution in [0.1, 0.15) is 23.7 Å². The topological polar surface area (TPSA) is 102 Å². The number of carbonyl (C=O) groups is 3. The van der Waals surface area contributed by atoms with Gasteiger partial charge >= 0.3 is 11.9 Å². The van der Waals surface area contributed by atoms with Crippen LogP contribution in [0.15, 0.2) is 24.3 Å². The van der Waals surface area contributed by atoms with Crippen molar-refractivity contribution in [1.82, 2.24) is 5.32 Å². The van der Waals surface area contributed by atoms with Gasteiger partial charge in [0.1, 0.15) is 11.8 Å². The van der Waals surface area contributed by atoms with E-state index < -0.39 is 29.8 Å². The molecule has 120 valence electrons. The van der Waals surface area contributed by atoms with E-state index in [4.69, 9.17) is 0 Å². The molecule has 0 fully saturated rings. The van der Waals surface area contributed by atoms with Gasteiger partial charge in [0, 0.05) is 5.56 Å². The monoisotopic (exact) mass is 309 g/mol. The number of esters is 2. The van der Waals surface area contributed by atoms with Gasteiger partial charge in [0.25, 0.3) is 5.91 Å². The standard InChI is InChI=1S/C15H19NO6/c1-9(7-12(18)21-2)13(15(20)22-3)16-14(19)10-5-4-6-11(17)8-10/h4-6,8-9,13,17H,7H2,1-3H3,(H,16,19)/t9-,13-/m1/s1. The van der Waals surface area contributed by atoms with E-state index in [1.54, 1.807) is 6.92 Å². The predicted molar refractivity (Wildman–Crippen MR) is 77.2 cm³/mol. The highest BCUT2D eigenvalue weighted by molar-refractivity contribution is 5.97. The molecule has 1 aromatic carbocycles. The van der Waals surface area contributed by atoms with Gasteiger partial charge in [-0.15, -0.1) is 0 Å². The molecular formula is C15H19NO6. The molecule has 0 saturated carbocycles. The van der Waals surface area contributed by atoms with Crippen molar-refractivity contribution in [1.29, 1.82) is 0 Å². The fraction of sp³-hybridized carbons (Fsp3) is 0.400. The van der Waals surface area contributed by atoms with E-state index in [-0.39, 0.29) is 17.7 Å². The third kappa shape index (κ3) is 4.76. The first-order valence-electron chi connectivity index (χ1n) is 6.63. The Bertz CT molecular complexity index is 557. The largest absolute Gasteiger partial charge is 0.508 e. The van der Waals surface area contributed by atoms with E-state index in [0.29, 0.717) is 0 Å². The number of phenolic OH excluding ortho intramolecular Hbond substituents is 1. The van der Waals surface area contributed by atoms with E-state index in [0.717, 1.165) is 0 Å². The van der Waals surface area contributed by atoms with Crippen molar-refractivity contribution in [2.24, 2.45) is 5.92 Å². The first-order chi connectivity index (χ1) is 10.4. The minimum atomic E-state index is -1.00. The maximum absolute atomic E-state index is 12.1. The van der Waals surface area contributed by atoms with Crippen molar-refractivity contribution in [3.05, 3.63) is 29.8 Å². The number of phenols is 1. The van der Waals surface area contributed by atoms with Crippen LogP contribution in [0.3, 0.4) is 0 Å². The number of hydrogen-bond acceptors (Lipinski definition) is 6. The number of rotatable bonds is 6. The van der Waals surface area contributed by atoms with Crippen LogP contribution in [0, 0.1) is 5.92 Å². The fourth-order valence-electron chi connectivity index (χ4n) is 1.90. The number of hydrogen-bond donors (Lipinski definition) is 2. The van der Waals surface area contributed by atoms with Crippen molar-refractivity contribution in [2.75, 3.05) is 14.2 Å². The molecule has 1 rings (SSSR count). The van der Waals surface area contributed by atoms with E-state index in [1.165, 1.54) is 38.5 Å². The van der Waals surface area contributed by atoms with Crippen molar-refractivity contribution in [3.8, 4) is 5.75 Å². The van der Waals surface area contributed by atoms with Gasteiger partial charge in [-0.3, -0.25) is 9.59 Å². The van der Waals surface area contributed by atoms with Gasteiger partial charge in [-0.25, -0.2) is 4.79 Å². The van der Waals surface area contributed by atoms with Crippen molar-refractivity contribution >= 4 is 17.8 Å². The normalized spacial score (nSPS) is 12.9. The van der Waals surface area contributed by atoms with Crippen LogP contribution >= 0.6 is 0 Å². The van der Waals surface area contributed by atoms with E-state index in [2.05, 4.69) is 14.8 Å². The highest BCUT2D eigenvalue weighted by atomic mass is 16.5. The third-order valence-electron chi connectivity index (χ3n) is 3.14. The lowest BCUT2D eigenvalue weighted by molar-refractivity contribution is -0.146. The number of nitrogens with one attached hydrogen (secondary N) is 1. The van der Waals surface area contributed by atoms with Crippen LogP contribution in [-0.2, 0) is 19.1 Å². The highest BCUT2D eigenvalue weighted by Gasteiger charge is 2.30. The summed E-state index contributed by atoms with van der Waals surface area (Å²) in [5.74, 6) is -2.29. The maximum atomic E-state index is 12.1. The second-order valence-corrected chi connectivity index (χ2v) is 4.78. The van der Waals surface area contributed by atoms with Crippen LogP contribution in [-0.4, -0.2) is 43.2 Å². The number of ether oxygens (including phenoxy) is 2. The van der Waals surface area contributed by atoms with Crippen LogP contribution < -0.4 is 5.32 Å². The molecule has 0 aliphatic rings. The van der Waals surface area contributed by atoms with Gasteiger partial charge in [-0.1, -0.05) is 13.0 Å². The van der Waals surface area contributed by atoms with Gasteiger partial charge < -0.3 is 19.9 Å². The number of benzene rings is 1. The first kappa shape index (κ1) is 17.5. The number of aromatic hydroxyl groups is 1. The van der Waals surface area contributed by atoms with Crippen LogP contribution in [0.4, 0.5) is 0 Å². The maximum Gasteiger partial charge on any atom is 0.328 e. The minimum Gasteiger partial charge on any atom is -0.508 e. The molecule has 22 heavy (non-hydrogen) atoms. The molecule has 1 aromatic rings. The summed E-state index contributed by atoms with van der Waals surface area (Å²) >= 11 is 0. The molecule has 0 aliphatic heterocycles. The molecule has 0 spiro atoms. The average Bonchev–Trinajstić information content (AvgIpc) is 2.51. The number of carbonyl (C=O) groups excluding carboxylic acids is 3. The Morgan fingerprint density at radius 3 is 2.45 bits per heavy atom. The summed E-state index contributed by atoms with van der Waals surface area (Å²) in [6.07, 6.45) is -0.0451. The highest BCUT2D eigenvalue weighted by Crippen LogP contribution is 2.14. The number of methoxy groups -OCH3 is 2. The summed E-state index contributed by atoms with van der Waals surface area (Å²) in [6, 6.07) is 4.70. The van der Waals surface area contributed by atoms with Crippen molar-refractivity contribution in [3.63, 3.8) is 0 Å². The van der Waals surface area contributed by atoms with E-state index in [9.17, 15) is 19.5 Å². The van der Waals surface area contributed by atoms with E-state index >= 15 is 0 Å². The van der Waals surface area contributed by atoms with Gasteiger partial charge in [-0.2, -0.15) is 0 Å². The second-order valence-electron chi connectivity index (χ2n) is 4.78. The predicted octanol–water partition coefficient (Wildman–Crippen LogP) is 0.863. The summed E-state index contributed by atoms with van der Waals surface area (Å²) in [4.78, 5) is 35.3. The molecule has 0 unspecified atom stereocenters. The Kier molecular flexibility index (Phi) is 6.37. The Labute approximate surface area is 128 Å². The molecule has 0 aromatic heterocycles. The quantitative estimate of drug-likeness (QED) is 0.756. The van der Waals surface area contributed by atoms with E-state index in [1.807, 2.05) is 0 Å². The lowest BCUT2D eigenvalue weighted by Crippen LogP contribution is -2.46. The molecule has 0 bridgehead atoms. The Balaban J connectivity index is 2.87. The zero-order chi connectivity index (χ0) is 16.7. The molecule has 0 radical (unpaired) electrons. The summed E-state index contributed by atoms with van der Waals surface area (Å²) in [6.45, 7) is 1.63. The van der Waals surface area contributed by atoms with Gasteiger partial charge in [0.05, 0.1) is 20.6 Å². The van der Waals surface area contributed by atoms with Crippen LogP contribution in [0.2, 0.25) is 0 Å². The van der Waals surface area contributed by atoms with Crippen LogP contribution in [0.5, 0.6) is 5.75 Å². The molecule has 0 saturated heterocycles. The molecule has 7 heteroatoms.